The highest BCUT2D eigenvalue weighted by Crippen LogP contribution is 2.34. The minimum atomic E-state index is -3.90. The van der Waals surface area contributed by atoms with Gasteiger partial charge in [-0.25, -0.2) is 5.14 Å². The molecule has 0 spiro atoms. The van der Waals surface area contributed by atoms with Crippen LogP contribution in [0.15, 0.2) is 53.4 Å². The van der Waals surface area contributed by atoms with Gasteiger partial charge in [0.2, 0.25) is 11.8 Å². The molecule has 0 atom stereocenters. The number of para-hydroxylation sites is 1. The number of fused-ring (bicyclic) bond motifs is 1. The highest BCUT2D eigenvalue weighted by Gasteiger charge is 2.26. The Hall–Kier alpha value is -2.56. The molecule has 0 unspecified atom stereocenters. The number of hydrogen-bond donors (Lipinski definition) is 3. The van der Waals surface area contributed by atoms with Crippen molar-refractivity contribution in [2.45, 2.75) is 4.90 Å². The smallest absolute Gasteiger partial charge is 0.296 e. The molecule has 10 heteroatoms. The highest BCUT2D eigenvalue weighted by molar-refractivity contribution is 8.00. The number of thioether (sulfide) groups is 1. The van der Waals surface area contributed by atoms with E-state index in [9.17, 15) is 18.0 Å². The molecule has 1 aliphatic rings. The second kappa shape index (κ2) is 7.36. The van der Waals surface area contributed by atoms with E-state index in [0.29, 0.717) is 11.4 Å². The minimum Gasteiger partial charge on any atom is -0.324 e. The molecule has 3 rings (SSSR count). The first-order chi connectivity index (χ1) is 12.3. The van der Waals surface area contributed by atoms with Gasteiger partial charge in [-0.15, -0.1) is 11.8 Å². The van der Waals surface area contributed by atoms with Gasteiger partial charge in [-0.05, 0) is 30.3 Å². The highest BCUT2D eigenvalue weighted by atomic mass is 32.2. The van der Waals surface area contributed by atoms with E-state index in [-0.39, 0.29) is 23.9 Å². The van der Waals surface area contributed by atoms with E-state index in [1.54, 1.807) is 18.2 Å². The molecule has 0 fully saturated rings. The number of amides is 2. The summed E-state index contributed by atoms with van der Waals surface area (Å²) >= 11 is 1.44. The average molecular weight is 392 g/mol. The fourth-order valence-electron chi connectivity index (χ4n) is 2.50. The fraction of sp³-hybridized carbons (Fsp3) is 0.125. The molecule has 0 bridgehead atoms. The summed E-state index contributed by atoms with van der Waals surface area (Å²) in [6.07, 6.45) is 0. The number of nitrogens with two attached hydrogens (primary N) is 1. The van der Waals surface area contributed by atoms with Crippen molar-refractivity contribution in [3.05, 3.63) is 48.5 Å². The largest absolute Gasteiger partial charge is 0.324 e. The number of hydrogen-bond acceptors (Lipinski definition) is 5. The van der Waals surface area contributed by atoms with Crippen LogP contribution in [0.2, 0.25) is 0 Å². The summed E-state index contributed by atoms with van der Waals surface area (Å²) < 4.78 is 24.3. The van der Waals surface area contributed by atoms with E-state index >= 15 is 0 Å². The Morgan fingerprint density at radius 2 is 1.88 bits per heavy atom. The van der Waals surface area contributed by atoms with Crippen LogP contribution in [0.1, 0.15) is 0 Å². The second-order valence-electron chi connectivity index (χ2n) is 5.51. The first-order valence-corrected chi connectivity index (χ1v) is 10.1. The van der Waals surface area contributed by atoms with Crippen molar-refractivity contribution in [3.63, 3.8) is 0 Å². The van der Waals surface area contributed by atoms with Gasteiger partial charge in [-0.3, -0.25) is 14.3 Å². The SMILES string of the molecule is NS(=O)(=O)Nc1cccc(NC(=O)CN2C(=O)CSc3ccccc32)c1. The topological polar surface area (TPSA) is 122 Å². The van der Waals surface area contributed by atoms with Crippen molar-refractivity contribution < 1.29 is 18.0 Å². The Morgan fingerprint density at radius 1 is 1.15 bits per heavy atom. The zero-order chi connectivity index (χ0) is 18.7. The number of nitrogens with zero attached hydrogens (tertiary/aromatic N) is 1. The van der Waals surface area contributed by atoms with E-state index in [1.807, 2.05) is 18.2 Å². The lowest BCUT2D eigenvalue weighted by molar-refractivity contribution is -0.120. The van der Waals surface area contributed by atoms with Crippen LogP contribution in [0, 0.1) is 0 Å². The van der Waals surface area contributed by atoms with Gasteiger partial charge >= 0.3 is 0 Å². The van der Waals surface area contributed by atoms with Gasteiger partial charge in [0.1, 0.15) is 6.54 Å². The molecule has 1 heterocycles. The minimum absolute atomic E-state index is 0.136. The summed E-state index contributed by atoms with van der Waals surface area (Å²) in [5, 5.41) is 7.58. The Labute approximate surface area is 154 Å². The van der Waals surface area contributed by atoms with Crippen LogP contribution >= 0.6 is 11.8 Å². The number of benzene rings is 2. The van der Waals surface area contributed by atoms with Crippen LogP contribution in [0.25, 0.3) is 0 Å². The van der Waals surface area contributed by atoms with Crippen LogP contribution in [0.5, 0.6) is 0 Å². The van der Waals surface area contributed by atoms with Gasteiger partial charge < -0.3 is 10.2 Å². The molecule has 2 amide bonds. The first kappa shape index (κ1) is 18.2. The molecule has 0 aromatic heterocycles. The second-order valence-corrected chi connectivity index (χ2v) is 7.82. The fourth-order valence-corrected chi connectivity index (χ4v) is 3.89. The third-order valence-corrected chi connectivity index (χ3v) is 5.08. The molecular formula is C16H16N4O4S2. The number of nitrogens with one attached hydrogen (secondary N) is 2. The van der Waals surface area contributed by atoms with Crippen molar-refractivity contribution in [3.8, 4) is 0 Å². The summed E-state index contributed by atoms with van der Waals surface area (Å²) in [6, 6.07) is 13.5. The number of rotatable bonds is 5. The van der Waals surface area contributed by atoms with Crippen LogP contribution in [-0.4, -0.2) is 32.5 Å². The van der Waals surface area contributed by atoms with Crippen molar-refractivity contribution in [1.82, 2.24) is 0 Å². The van der Waals surface area contributed by atoms with Crippen LogP contribution in [-0.2, 0) is 19.8 Å². The van der Waals surface area contributed by atoms with Crippen LogP contribution in [0.4, 0.5) is 17.1 Å². The third kappa shape index (κ3) is 4.54. The molecule has 8 nitrogen and oxygen atoms in total. The lowest BCUT2D eigenvalue weighted by atomic mass is 10.2. The maximum absolute atomic E-state index is 12.4. The molecule has 1 aliphatic heterocycles. The van der Waals surface area contributed by atoms with E-state index in [1.165, 1.54) is 28.8 Å². The van der Waals surface area contributed by atoms with Crippen molar-refractivity contribution in [2.24, 2.45) is 5.14 Å². The molecule has 4 N–H and O–H groups in total. The average Bonchev–Trinajstić information content (AvgIpc) is 2.56. The van der Waals surface area contributed by atoms with E-state index in [0.717, 1.165) is 4.90 Å². The van der Waals surface area contributed by atoms with Crippen LogP contribution in [0.3, 0.4) is 0 Å². The standard InChI is InChI=1S/C16H16N4O4S2/c17-26(23,24)19-12-5-3-4-11(8-12)18-15(21)9-20-13-6-1-2-7-14(13)25-10-16(20)22/h1-8,19H,9-10H2,(H,18,21)(H2,17,23,24). The predicted molar refractivity (Wildman–Crippen MR) is 101 cm³/mol. The predicted octanol–water partition coefficient (Wildman–Crippen LogP) is 1.38. The lowest BCUT2D eigenvalue weighted by Crippen LogP contribution is -2.41. The molecule has 0 saturated carbocycles. The molecule has 2 aromatic rings. The molecule has 0 saturated heterocycles. The van der Waals surface area contributed by atoms with Gasteiger partial charge in [0.15, 0.2) is 0 Å². The van der Waals surface area contributed by atoms with Gasteiger partial charge in [0, 0.05) is 10.6 Å². The molecule has 2 aromatic carbocycles. The maximum Gasteiger partial charge on any atom is 0.296 e. The zero-order valence-corrected chi connectivity index (χ0v) is 15.1. The summed E-state index contributed by atoms with van der Waals surface area (Å²) in [5.41, 5.74) is 1.31. The number of carbonyl (C=O) groups excluding carboxylic acids is 2. The van der Waals surface area contributed by atoms with Crippen molar-refractivity contribution in [1.29, 1.82) is 0 Å². The van der Waals surface area contributed by atoms with Crippen molar-refractivity contribution in [2.75, 3.05) is 27.2 Å². The Bertz CT molecular complexity index is 962. The number of carbonyl (C=O) groups is 2. The monoisotopic (exact) mass is 392 g/mol. The maximum atomic E-state index is 12.4. The van der Waals surface area contributed by atoms with Gasteiger partial charge in [0.05, 0.1) is 17.1 Å². The van der Waals surface area contributed by atoms with Gasteiger partial charge in [0.25, 0.3) is 10.2 Å². The molecule has 0 aliphatic carbocycles. The summed E-state index contributed by atoms with van der Waals surface area (Å²) in [4.78, 5) is 26.9. The Balaban J connectivity index is 1.72. The van der Waals surface area contributed by atoms with E-state index in [2.05, 4.69) is 10.0 Å². The third-order valence-electron chi connectivity index (χ3n) is 3.52. The molecule has 136 valence electrons. The summed E-state index contributed by atoms with van der Waals surface area (Å²) in [7, 11) is -3.90. The first-order valence-electron chi connectivity index (χ1n) is 7.54. The molecule has 0 radical (unpaired) electrons. The summed E-state index contributed by atoms with van der Waals surface area (Å²) in [6.45, 7) is -0.136. The molecular weight excluding hydrogens is 376 g/mol. The van der Waals surface area contributed by atoms with Crippen molar-refractivity contribution >= 4 is 50.8 Å². The Morgan fingerprint density at radius 3 is 2.65 bits per heavy atom. The zero-order valence-electron chi connectivity index (χ0n) is 13.5. The normalized spacial score (nSPS) is 13.9. The number of anilines is 3. The van der Waals surface area contributed by atoms with E-state index < -0.39 is 16.1 Å². The van der Waals surface area contributed by atoms with E-state index in [4.69, 9.17) is 5.14 Å². The quantitative estimate of drug-likeness (QED) is 0.710. The summed E-state index contributed by atoms with van der Waals surface area (Å²) in [5.74, 6) is -0.265. The Kier molecular flexibility index (Phi) is 5.16. The molecule has 26 heavy (non-hydrogen) atoms. The van der Waals surface area contributed by atoms with Gasteiger partial charge in [-0.2, -0.15) is 8.42 Å². The lowest BCUT2D eigenvalue weighted by Gasteiger charge is -2.28. The van der Waals surface area contributed by atoms with Crippen LogP contribution < -0.4 is 20.1 Å². The van der Waals surface area contributed by atoms with Gasteiger partial charge in [-0.1, -0.05) is 18.2 Å².